The highest BCUT2D eigenvalue weighted by Crippen LogP contribution is 2.30. The van der Waals surface area contributed by atoms with Gasteiger partial charge >= 0.3 is 0 Å². The van der Waals surface area contributed by atoms with Crippen LogP contribution in [-0.4, -0.2) is 56.6 Å². The predicted octanol–water partition coefficient (Wildman–Crippen LogP) is 3.06. The third kappa shape index (κ3) is 5.91. The van der Waals surface area contributed by atoms with Crippen molar-refractivity contribution < 1.29 is 27.2 Å². The fraction of sp³-hybridized carbons (Fsp3) is 0.348. The molecule has 34 heavy (non-hydrogen) atoms. The SMILES string of the molecule is COc1ccc(OC)c(S(=O)(=O)N(C)CC(=O)Nc2ccc(Cc3noc(C(C)C)n3)cc2)c1. The van der Waals surface area contributed by atoms with Gasteiger partial charge in [-0.2, -0.15) is 9.29 Å². The molecule has 3 rings (SSSR count). The van der Waals surface area contributed by atoms with Gasteiger partial charge in [-0.05, 0) is 29.8 Å². The van der Waals surface area contributed by atoms with E-state index in [9.17, 15) is 13.2 Å². The molecule has 1 N–H and O–H groups in total. The van der Waals surface area contributed by atoms with Gasteiger partial charge < -0.3 is 19.3 Å². The van der Waals surface area contributed by atoms with E-state index in [0.29, 0.717) is 29.6 Å². The van der Waals surface area contributed by atoms with Gasteiger partial charge in [0.2, 0.25) is 21.8 Å². The molecule has 0 aliphatic carbocycles. The van der Waals surface area contributed by atoms with Crippen LogP contribution in [0.4, 0.5) is 5.69 Å². The largest absolute Gasteiger partial charge is 0.497 e. The van der Waals surface area contributed by atoms with E-state index in [1.54, 1.807) is 18.2 Å². The van der Waals surface area contributed by atoms with Crippen LogP contribution in [0.3, 0.4) is 0 Å². The third-order valence-electron chi connectivity index (χ3n) is 5.00. The summed E-state index contributed by atoms with van der Waals surface area (Å²) in [6.07, 6.45) is 0.494. The molecule has 0 saturated carbocycles. The maximum Gasteiger partial charge on any atom is 0.247 e. The third-order valence-corrected chi connectivity index (χ3v) is 6.83. The van der Waals surface area contributed by atoms with E-state index in [4.69, 9.17) is 14.0 Å². The topological polar surface area (TPSA) is 124 Å². The number of amides is 1. The smallest absolute Gasteiger partial charge is 0.247 e. The summed E-state index contributed by atoms with van der Waals surface area (Å²) in [5.41, 5.74) is 1.48. The van der Waals surface area contributed by atoms with Crippen molar-refractivity contribution in [2.75, 3.05) is 33.1 Å². The molecule has 3 aromatic rings. The quantitative estimate of drug-likeness (QED) is 0.462. The maximum atomic E-state index is 13.0. The van der Waals surface area contributed by atoms with Gasteiger partial charge in [0.05, 0.1) is 20.8 Å². The number of ether oxygens (including phenoxy) is 2. The van der Waals surface area contributed by atoms with E-state index in [2.05, 4.69) is 15.5 Å². The molecule has 1 amide bonds. The number of methoxy groups -OCH3 is 2. The summed E-state index contributed by atoms with van der Waals surface area (Å²) in [5, 5.41) is 6.68. The number of sulfonamides is 1. The highest BCUT2D eigenvalue weighted by atomic mass is 32.2. The molecular formula is C23H28N4O6S. The Kier molecular flexibility index (Phi) is 7.90. The zero-order valence-electron chi connectivity index (χ0n) is 19.7. The number of aromatic nitrogens is 2. The second-order valence-electron chi connectivity index (χ2n) is 7.90. The Morgan fingerprint density at radius 1 is 1.12 bits per heavy atom. The number of hydrogen-bond donors (Lipinski definition) is 1. The van der Waals surface area contributed by atoms with Gasteiger partial charge in [0.1, 0.15) is 16.4 Å². The Morgan fingerprint density at radius 2 is 1.82 bits per heavy atom. The number of hydrogen-bond acceptors (Lipinski definition) is 8. The second-order valence-corrected chi connectivity index (χ2v) is 9.92. The molecule has 2 aromatic carbocycles. The van der Waals surface area contributed by atoms with E-state index in [1.807, 2.05) is 26.0 Å². The summed E-state index contributed by atoms with van der Waals surface area (Å²) in [4.78, 5) is 16.8. The molecule has 182 valence electrons. The standard InChI is InChI=1S/C23H28N4O6S/c1-15(2)23-25-21(26-33-23)12-16-6-8-17(9-7-16)24-22(28)14-27(3)34(29,30)20-13-18(31-4)10-11-19(20)32-5/h6-11,13,15H,12,14H2,1-5H3,(H,24,28). The highest BCUT2D eigenvalue weighted by Gasteiger charge is 2.27. The van der Waals surface area contributed by atoms with Gasteiger partial charge in [0.15, 0.2) is 5.82 Å². The Hall–Kier alpha value is -3.44. The lowest BCUT2D eigenvalue weighted by molar-refractivity contribution is -0.116. The molecule has 0 radical (unpaired) electrons. The van der Waals surface area contributed by atoms with E-state index in [0.717, 1.165) is 9.87 Å². The maximum absolute atomic E-state index is 13.0. The van der Waals surface area contributed by atoms with Crippen LogP contribution in [-0.2, 0) is 21.2 Å². The minimum Gasteiger partial charge on any atom is -0.497 e. The molecular weight excluding hydrogens is 460 g/mol. The average Bonchev–Trinajstić information content (AvgIpc) is 3.28. The van der Waals surface area contributed by atoms with Gasteiger partial charge in [-0.25, -0.2) is 8.42 Å². The van der Waals surface area contributed by atoms with Crippen molar-refractivity contribution in [2.45, 2.75) is 31.1 Å². The van der Waals surface area contributed by atoms with Crippen LogP contribution in [0, 0.1) is 0 Å². The molecule has 0 atom stereocenters. The molecule has 1 aromatic heterocycles. The molecule has 0 unspecified atom stereocenters. The first-order valence-electron chi connectivity index (χ1n) is 10.5. The van der Waals surface area contributed by atoms with E-state index >= 15 is 0 Å². The van der Waals surface area contributed by atoms with Crippen molar-refractivity contribution in [1.82, 2.24) is 14.4 Å². The van der Waals surface area contributed by atoms with Crippen LogP contribution < -0.4 is 14.8 Å². The minimum atomic E-state index is -4.00. The van der Waals surface area contributed by atoms with Crippen molar-refractivity contribution in [3.8, 4) is 11.5 Å². The summed E-state index contributed by atoms with van der Waals surface area (Å²) in [6.45, 7) is 3.57. The molecule has 0 spiro atoms. The Morgan fingerprint density at radius 3 is 2.41 bits per heavy atom. The van der Waals surface area contributed by atoms with Gasteiger partial charge in [0, 0.05) is 31.1 Å². The lowest BCUT2D eigenvalue weighted by Gasteiger charge is -2.19. The Balaban J connectivity index is 1.63. The summed E-state index contributed by atoms with van der Waals surface area (Å²) in [6, 6.07) is 11.6. The number of likely N-dealkylation sites (N-methyl/N-ethyl adjacent to an activating group) is 1. The second kappa shape index (κ2) is 10.7. The summed E-state index contributed by atoms with van der Waals surface area (Å²) < 4.78 is 42.5. The number of rotatable bonds is 10. The first-order chi connectivity index (χ1) is 16.1. The van der Waals surface area contributed by atoms with Crippen molar-refractivity contribution >= 4 is 21.6 Å². The Labute approximate surface area is 198 Å². The predicted molar refractivity (Wildman–Crippen MR) is 126 cm³/mol. The number of nitrogens with zero attached hydrogens (tertiary/aromatic N) is 3. The summed E-state index contributed by atoms with van der Waals surface area (Å²) in [5.74, 6) is 1.36. The summed E-state index contributed by atoms with van der Waals surface area (Å²) in [7, 11) is 0.135. The number of anilines is 1. The normalized spacial score (nSPS) is 11.6. The molecule has 0 bridgehead atoms. The van der Waals surface area contributed by atoms with Crippen molar-refractivity contribution in [3.05, 3.63) is 59.7 Å². The van der Waals surface area contributed by atoms with Crippen molar-refractivity contribution in [2.24, 2.45) is 0 Å². The molecule has 10 nitrogen and oxygen atoms in total. The zero-order valence-corrected chi connectivity index (χ0v) is 20.5. The fourth-order valence-corrected chi connectivity index (χ4v) is 4.40. The number of nitrogens with one attached hydrogen (secondary N) is 1. The zero-order chi connectivity index (χ0) is 24.9. The van der Waals surface area contributed by atoms with Crippen LogP contribution in [0.5, 0.6) is 11.5 Å². The number of carbonyl (C=O) groups excluding carboxylic acids is 1. The lowest BCUT2D eigenvalue weighted by atomic mass is 10.1. The van der Waals surface area contributed by atoms with Gasteiger partial charge in [0.25, 0.3) is 0 Å². The number of carbonyl (C=O) groups is 1. The molecule has 0 fully saturated rings. The van der Waals surface area contributed by atoms with Crippen molar-refractivity contribution in [1.29, 1.82) is 0 Å². The summed E-state index contributed by atoms with van der Waals surface area (Å²) >= 11 is 0. The average molecular weight is 489 g/mol. The highest BCUT2D eigenvalue weighted by molar-refractivity contribution is 7.89. The first-order valence-corrected chi connectivity index (χ1v) is 12.0. The van der Waals surface area contributed by atoms with Crippen LogP contribution in [0.25, 0.3) is 0 Å². The molecule has 0 saturated heterocycles. The van der Waals surface area contributed by atoms with E-state index in [1.165, 1.54) is 33.4 Å². The van der Waals surface area contributed by atoms with E-state index in [-0.39, 0.29) is 23.1 Å². The molecule has 0 aliphatic rings. The van der Waals surface area contributed by atoms with Gasteiger partial charge in [-0.3, -0.25) is 4.79 Å². The monoisotopic (exact) mass is 488 g/mol. The first kappa shape index (κ1) is 25.2. The van der Waals surface area contributed by atoms with Gasteiger partial charge in [-0.15, -0.1) is 0 Å². The molecule has 0 aliphatic heterocycles. The lowest BCUT2D eigenvalue weighted by Crippen LogP contribution is -2.35. The van der Waals surface area contributed by atoms with E-state index < -0.39 is 15.9 Å². The van der Waals surface area contributed by atoms with Crippen molar-refractivity contribution in [3.63, 3.8) is 0 Å². The Bertz CT molecular complexity index is 1240. The van der Waals surface area contributed by atoms with Crippen LogP contribution >= 0.6 is 0 Å². The molecule has 1 heterocycles. The van der Waals surface area contributed by atoms with Crippen LogP contribution in [0.15, 0.2) is 51.9 Å². The fourth-order valence-electron chi connectivity index (χ4n) is 3.10. The molecule has 11 heteroatoms. The minimum absolute atomic E-state index is 0.0870. The van der Waals surface area contributed by atoms with Gasteiger partial charge in [-0.1, -0.05) is 31.1 Å². The number of benzene rings is 2. The van der Waals surface area contributed by atoms with Crippen LogP contribution in [0.2, 0.25) is 0 Å². The van der Waals surface area contributed by atoms with Crippen LogP contribution in [0.1, 0.15) is 37.0 Å².